The van der Waals surface area contributed by atoms with E-state index in [1.807, 2.05) is 34.1 Å². The maximum absolute atomic E-state index is 13.2. The first kappa shape index (κ1) is 23.4. The SMILES string of the molecule is O=C(O)CN1CCCN(C(=O)C2(CNC(=O)OCC3c4ccccc4-c4ccccc43)CC2)CC1. The molecule has 35 heavy (non-hydrogen) atoms. The summed E-state index contributed by atoms with van der Waals surface area (Å²) in [6, 6.07) is 16.4. The average molecular weight is 478 g/mol. The summed E-state index contributed by atoms with van der Waals surface area (Å²) >= 11 is 0. The van der Waals surface area contributed by atoms with E-state index in [-0.39, 0.29) is 31.5 Å². The molecule has 1 heterocycles. The summed E-state index contributed by atoms with van der Waals surface area (Å²) in [7, 11) is 0. The van der Waals surface area contributed by atoms with Gasteiger partial charge >= 0.3 is 12.1 Å². The van der Waals surface area contributed by atoms with Gasteiger partial charge < -0.3 is 20.1 Å². The van der Waals surface area contributed by atoms with Crippen molar-refractivity contribution in [2.45, 2.75) is 25.2 Å². The van der Waals surface area contributed by atoms with Crippen LogP contribution in [0.3, 0.4) is 0 Å². The average Bonchev–Trinajstić information content (AvgIpc) is 3.63. The van der Waals surface area contributed by atoms with E-state index in [1.165, 1.54) is 11.1 Å². The van der Waals surface area contributed by atoms with Gasteiger partial charge in [0.2, 0.25) is 5.91 Å². The third-order valence-electron chi connectivity index (χ3n) is 7.46. The highest BCUT2D eigenvalue weighted by Gasteiger charge is 2.52. The molecular formula is C27H31N3O5. The van der Waals surface area contributed by atoms with Crippen molar-refractivity contribution in [2.24, 2.45) is 5.41 Å². The van der Waals surface area contributed by atoms with E-state index in [1.54, 1.807) is 0 Å². The Labute approximate surface area is 204 Å². The number of hydrogen-bond donors (Lipinski definition) is 2. The number of nitrogens with one attached hydrogen (secondary N) is 1. The van der Waals surface area contributed by atoms with Crippen LogP contribution in [0.15, 0.2) is 48.5 Å². The Hall–Kier alpha value is -3.39. The van der Waals surface area contributed by atoms with E-state index in [4.69, 9.17) is 9.84 Å². The van der Waals surface area contributed by atoms with Gasteiger partial charge in [-0.3, -0.25) is 14.5 Å². The number of ether oxygens (including phenoxy) is 1. The molecule has 0 atom stereocenters. The maximum Gasteiger partial charge on any atom is 0.407 e. The Morgan fingerprint density at radius 1 is 0.943 bits per heavy atom. The lowest BCUT2D eigenvalue weighted by Crippen LogP contribution is -2.44. The molecular weight excluding hydrogens is 446 g/mol. The fraction of sp³-hybridized carbons (Fsp3) is 0.444. The Balaban J connectivity index is 1.14. The maximum atomic E-state index is 13.2. The summed E-state index contributed by atoms with van der Waals surface area (Å²) < 4.78 is 5.62. The summed E-state index contributed by atoms with van der Waals surface area (Å²) in [5.41, 5.74) is 4.12. The first-order valence-corrected chi connectivity index (χ1v) is 12.3. The second-order valence-corrected chi connectivity index (χ2v) is 9.78. The first-order chi connectivity index (χ1) is 17.0. The van der Waals surface area contributed by atoms with Gasteiger partial charge in [0.25, 0.3) is 0 Å². The molecule has 8 heteroatoms. The van der Waals surface area contributed by atoms with Gasteiger partial charge in [-0.25, -0.2) is 4.79 Å². The molecule has 2 amide bonds. The van der Waals surface area contributed by atoms with Gasteiger partial charge in [-0.2, -0.15) is 0 Å². The van der Waals surface area contributed by atoms with Crippen LogP contribution in [0.2, 0.25) is 0 Å². The molecule has 1 saturated heterocycles. The lowest BCUT2D eigenvalue weighted by atomic mass is 9.98. The Morgan fingerprint density at radius 3 is 2.23 bits per heavy atom. The molecule has 2 N–H and O–H groups in total. The van der Waals surface area contributed by atoms with Crippen LogP contribution >= 0.6 is 0 Å². The van der Waals surface area contributed by atoms with Gasteiger partial charge in [0, 0.05) is 38.6 Å². The van der Waals surface area contributed by atoms with E-state index in [2.05, 4.69) is 29.6 Å². The lowest BCUT2D eigenvalue weighted by Gasteiger charge is -2.26. The number of fused-ring (bicyclic) bond motifs is 3. The van der Waals surface area contributed by atoms with Gasteiger partial charge in [-0.05, 0) is 41.5 Å². The number of carbonyl (C=O) groups is 3. The standard InChI is InChI=1S/C27H31N3O5/c31-24(32)16-29-12-5-13-30(15-14-29)25(33)27(10-11-27)18-28-26(34)35-17-23-21-8-3-1-6-19(21)20-7-2-4-9-22(20)23/h1-4,6-9,23H,5,10-18H2,(H,28,34)(H,31,32). The van der Waals surface area contributed by atoms with Crippen LogP contribution in [0.1, 0.15) is 36.3 Å². The number of hydrogen-bond acceptors (Lipinski definition) is 5. The molecule has 0 aromatic heterocycles. The van der Waals surface area contributed by atoms with Crippen LogP contribution < -0.4 is 5.32 Å². The molecule has 2 aromatic carbocycles. The molecule has 0 spiro atoms. The van der Waals surface area contributed by atoms with Crippen LogP contribution in [0, 0.1) is 5.41 Å². The molecule has 1 aliphatic heterocycles. The minimum atomic E-state index is -0.851. The normalized spacial score (nSPS) is 18.8. The second-order valence-electron chi connectivity index (χ2n) is 9.78. The molecule has 5 rings (SSSR count). The fourth-order valence-corrected chi connectivity index (χ4v) is 5.37. The van der Waals surface area contributed by atoms with Crippen LogP contribution in [-0.4, -0.2) is 78.8 Å². The number of benzene rings is 2. The van der Waals surface area contributed by atoms with E-state index in [9.17, 15) is 14.4 Å². The summed E-state index contributed by atoms with van der Waals surface area (Å²) in [5.74, 6) is -0.806. The molecule has 2 aliphatic carbocycles. The number of amides is 2. The number of carboxylic acid groups (broad SMARTS) is 1. The van der Waals surface area contributed by atoms with Gasteiger partial charge in [0.15, 0.2) is 0 Å². The van der Waals surface area contributed by atoms with E-state index >= 15 is 0 Å². The molecule has 0 unspecified atom stereocenters. The molecule has 184 valence electrons. The number of nitrogens with zero attached hydrogens (tertiary/aromatic N) is 2. The zero-order valence-electron chi connectivity index (χ0n) is 19.7. The number of carboxylic acids is 1. The van der Waals surface area contributed by atoms with Crippen LogP contribution in [-0.2, 0) is 14.3 Å². The number of carbonyl (C=O) groups excluding carboxylic acids is 2. The van der Waals surface area contributed by atoms with Crippen LogP contribution in [0.4, 0.5) is 4.79 Å². The minimum absolute atomic E-state index is 0.00346. The highest BCUT2D eigenvalue weighted by Crippen LogP contribution is 2.47. The van der Waals surface area contributed by atoms with Crippen molar-refractivity contribution < 1.29 is 24.2 Å². The summed E-state index contributed by atoms with van der Waals surface area (Å²) in [6.45, 7) is 2.84. The molecule has 2 aromatic rings. The number of alkyl carbamates (subject to hydrolysis) is 1. The molecule has 3 aliphatic rings. The van der Waals surface area contributed by atoms with Crippen molar-refractivity contribution in [3.05, 3.63) is 59.7 Å². The van der Waals surface area contributed by atoms with Crippen LogP contribution in [0.25, 0.3) is 11.1 Å². The quantitative estimate of drug-likeness (QED) is 0.636. The van der Waals surface area contributed by atoms with Crippen molar-refractivity contribution in [1.29, 1.82) is 0 Å². The summed E-state index contributed by atoms with van der Waals surface area (Å²) in [5, 5.41) is 11.9. The molecule has 0 radical (unpaired) electrons. The Bertz CT molecular complexity index is 1080. The smallest absolute Gasteiger partial charge is 0.407 e. The van der Waals surface area contributed by atoms with Crippen LogP contribution in [0.5, 0.6) is 0 Å². The highest BCUT2D eigenvalue weighted by molar-refractivity contribution is 5.86. The summed E-state index contributed by atoms with van der Waals surface area (Å²) in [4.78, 5) is 40.5. The lowest BCUT2D eigenvalue weighted by molar-refractivity contribution is -0.138. The van der Waals surface area contributed by atoms with Gasteiger partial charge in [0.05, 0.1) is 12.0 Å². The van der Waals surface area contributed by atoms with Crippen molar-refractivity contribution in [3.8, 4) is 11.1 Å². The molecule has 8 nitrogen and oxygen atoms in total. The topological polar surface area (TPSA) is 99.2 Å². The molecule has 1 saturated carbocycles. The van der Waals surface area contributed by atoms with E-state index < -0.39 is 17.5 Å². The fourth-order valence-electron chi connectivity index (χ4n) is 5.37. The first-order valence-electron chi connectivity index (χ1n) is 12.3. The number of aliphatic carboxylic acids is 1. The Morgan fingerprint density at radius 2 is 1.60 bits per heavy atom. The predicted octanol–water partition coefficient (Wildman–Crippen LogP) is 2.92. The van der Waals surface area contributed by atoms with Crippen molar-refractivity contribution in [2.75, 3.05) is 45.9 Å². The van der Waals surface area contributed by atoms with Crippen molar-refractivity contribution >= 4 is 18.0 Å². The van der Waals surface area contributed by atoms with E-state index in [0.717, 1.165) is 30.4 Å². The third-order valence-corrected chi connectivity index (χ3v) is 7.46. The van der Waals surface area contributed by atoms with E-state index in [0.29, 0.717) is 26.2 Å². The van der Waals surface area contributed by atoms with Crippen molar-refractivity contribution in [3.63, 3.8) is 0 Å². The zero-order valence-corrected chi connectivity index (χ0v) is 19.7. The second kappa shape index (κ2) is 9.70. The predicted molar refractivity (Wildman–Crippen MR) is 130 cm³/mol. The minimum Gasteiger partial charge on any atom is -0.480 e. The van der Waals surface area contributed by atoms with Crippen molar-refractivity contribution in [1.82, 2.24) is 15.1 Å². The molecule has 2 fully saturated rings. The summed E-state index contributed by atoms with van der Waals surface area (Å²) in [6.07, 6.45) is 1.72. The largest absolute Gasteiger partial charge is 0.480 e. The third kappa shape index (κ3) is 4.89. The van der Waals surface area contributed by atoms with Gasteiger partial charge in [-0.15, -0.1) is 0 Å². The zero-order chi connectivity index (χ0) is 24.4. The Kier molecular flexibility index (Phi) is 6.47. The van der Waals surface area contributed by atoms with Gasteiger partial charge in [0.1, 0.15) is 6.61 Å². The number of rotatable bonds is 7. The molecule has 0 bridgehead atoms. The highest BCUT2D eigenvalue weighted by atomic mass is 16.5. The van der Waals surface area contributed by atoms with Gasteiger partial charge in [-0.1, -0.05) is 48.5 Å². The monoisotopic (exact) mass is 477 g/mol.